The fourth-order valence-electron chi connectivity index (χ4n) is 3.04. The molecule has 0 radical (unpaired) electrons. The molecular formula is C20H20FN. The lowest BCUT2D eigenvalue weighted by Crippen LogP contribution is -3.00. The minimum atomic E-state index is 0. The van der Waals surface area contributed by atoms with E-state index in [9.17, 15) is 0 Å². The largest absolute Gasteiger partial charge is 1.00 e. The van der Waals surface area contributed by atoms with Crippen LogP contribution in [0.3, 0.4) is 0 Å². The minimum absolute atomic E-state index is 0. The Morgan fingerprint density at radius 3 is 1.05 bits per heavy atom. The molecule has 1 nitrogen and oxygen atoms in total. The molecule has 112 valence electrons. The van der Waals surface area contributed by atoms with Crippen LogP contribution in [-0.4, -0.2) is 6.54 Å². The number of rotatable bonds is 4. The predicted molar refractivity (Wildman–Crippen MR) is 91.0 cm³/mol. The minimum Gasteiger partial charge on any atom is -1.00 e. The predicted octanol–water partition coefficient (Wildman–Crippen LogP) is 2.68. The first-order valence-electron chi connectivity index (χ1n) is 7.43. The number of quaternary nitrogens is 1. The zero-order valence-corrected chi connectivity index (χ0v) is 12.7. The van der Waals surface area contributed by atoms with Gasteiger partial charge in [-0.25, -0.2) is 4.48 Å². The summed E-state index contributed by atoms with van der Waals surface area (Å²) in [4.78, 5) is 0. The molecule has 0 atom stereocenters. The molecule has 0 spiro atoms. The molecule has 3 rings (SSSR count). The molecule has 0 heterocycles. The molecule has 0 fully saturated rings. The fourth-order valence-corrected chi connectivity index (χ4v) is 3.04. The number of benzene rings is 3. The van der Waals surface area contributed by atoms with Crippen molar-refractivity contribution in [2.24, 2.45) is 0 Å². The average Bonchev–Trinajstić information content (AvgIpc) is 2.59. The zero-order chi connectivity index (χ0) is 14.5. The topological polar surface area (TPSA) is 0 Å². The molecule has 0 aliphatic rings. The molecule has 3 aromatic rings. The number of para-hydroxylation sites is 3. The lowest BCUT2D eigenvalue weighted by Gasteiger charge is -2.36. The first kappa shape index (κ1) is 15.9. The normalized spacial score (nSPS) is 10.8. The average molecular weight is 293 g/mol. The summed E-state index contributed by atoms with van der Waals surface area (Å²) in [6.07, 6.45) is 0. The smallest absolute Gasteiger partial charge is 0.143 e. The highest BCUT2D eigenvalue weighted by Crippen LogP contribution is 2.42. The van der Waals surface area contributed by atoms with Crippen molar-refractivity contribution in [1.29, 1.82) is 0 Å². The molecule has 0 aliphatic carbocycles. The van der Waals surface area contributed by atoms with Gasteiger partial charge in [-0.05, 0) is 43.3 Å². The standard InChI is InChI=1S/C20H20N.FH/c1-2-21(18-12-6-3-7-13-18,19-14-8-4-9-15-19)20-16-10-5-11-17-20;/h3-17H,2H2,1H3;1H/q+1;/p-1. The van der Waals surface area contributed by atoms with Crippen LogP contribution in [0.1, 0.15) is 6.92 Å². The van der Waals surface area contributed by atoms with Gasteiger partial charge in [-0.3, -0.25) is 0 Å². The molecule has 0 amide bonds. The second-order valence-corrected chi connectivity index (χ2v) is 5.13. The third-order valence-electron chi connectivity index (χ3n) is 4.07. The van der Waals surface area contributed by atoms with E-state index in [1.165, 1.54) is 17.1 Å². The summed E-state index contributed by atoms with van der Waals surface area (Å²) in [5, 5.41) is 0. The molecule has 0 saturated heterocycles. The van der Waals surface area contributed by atoms with Crippen LogP contribution < -0.4 is 9.19 Å². The summed E-state index contributed by atoms with van der Waals surface area (Å²) in [7, 11) is 0. The molecule has 22 heavy (non-hydrogen) atoms. The Labute approximate surface area is 131 Å². The third-order valence-corrected chi connectivity index (χ3v) is 4.07. The maximum absolute atomic E-state index is 2.24. The van der Waals surface area contributed by atoms with Crippen molar-refractivity contribution in [3.8, 4) is 0 Å². The van der Waals surface area contributed by atoms with Crippen molar-refractivity contribution >= 4 is 17.1 Å². The Bertz CT molecular complexity index is 584. The van der Waals surface area contributed by atoms with Crippen molar-refractivity contribution in [1.82, 2.24) is 4.48 Å². The van der Waals surface area contributed by atoms with Crippen LogP contribution in [0.5, 0.6) is 0 Å². The van der Waals surface area contributed by atoms with Crippen LogP contribution in [-0.2, 0) is 0 Å². The van der Waals surface area contributed by atoms with Crippen molar-refractivity contribution < 1.29 is 4.70 Å². The summed E-state index contributed by atoms with van der Waals surface area (Å²) < 4.78 is 0.739. The molecule has 0 saturated carbocycles. The number of hydrogen-bond donors (Lipinski definition) is 0. The SMILES string of the molecule is CC[N+](c1ccccc1)(c1ccccc1)c1ccccc1.[F-]. The summed E-state index contributed by atoms with van der Waals surface area (Å²) in [6.45, 7) is 3.21. The summed E-state index contributed by atoms with van der Waals surface area (Å²) in [5.74, 6) is 0. The maximum Gasteiger partial charge on any atom is 0.143 e. The third kappa shape index (κ3) is 2.66. The van der Waals surface area contributed by atoms with Gasteiger partial charge in [0.1, 0.15) is 17.1 Å². The van der Waals surface area contributed by atoms with Gasteiger partial charge in [0.2, 0.25) is 0 Å². The van der Waals surface area contributed by atoms with Crippen LogP contribution in [0, 0.1) is 0 Å². The molecule has 0 aromatic heterocycles. The molecule has 3 aromatic carbocycles. The van der Waals surface area contributed by atoms with E-state index in [0.29, 0.717) is 0 Å². The van der Waals surface area contributed by atoms with Gasteiger partial charge in [0.15, 0.2) is 0 Å². The van der Waals surface area contributed by atoms with E-state index in [2.05, 4.69) is 97.9 Å². The van der Waals surface area contributed by atoms with Crippen molar-refractivity contribution in [3.05, 3.63) is 91.0 Å². The van der Waals surface area contributed by atoms with E-state index < -0.39 is 0 Å². The Morgan fingerprint density at radius 2 is 0.818 bits per heavy atom. The van der Waals surface area contributed by atoms with Gasteiger partial charge in [-0.15, -0.1) is 0 Å². The Kier molecular flexibility index (Phi) is 5.08. The molecule has 0 unspecified atom stereocenters. The van der Waals surface area contributed by atoms with Crippen molar-refractivity contribution in [2.45, 2.75) is 6.92 Å². The van der Waals surface area contributed by atoms with E-state index in [1.807, 2.05) is 0 Å². The van der Waals surface area contributed by atoms with Crippen LogP contribution in [0.2, 0.25) is 0 Å². The van der Waals surface area contributed by atoms with E-state index >= 15 is 0 Å². The van der Waals surface area contributed by atoms with E-state index in [-0.39, 0.29) is 4.70 Å². The number of nitrogens with zero attached hydrogens (tertiary/aromatic N) is 1. The highest BCUT2D eigenvalue weighted by Gasteiger charge is 2.33. The van der Waals surface area contributed by atoms with Crippen LogP contribution in [0.15, 0.2) is 91.0 Å². The van der Waals surface area contributed by atoms with E-state index in [1.54, 1.807) is 0 Å². The van der Waals surface area contributed by atoms with Gasteiger partial charge in [0, 0.05) is 0 Å². The number of halogens is 1. The second kappa shape index (κ2) is 7.01. The first-order valence-corrected chi connectivity index (χ1v) is 7.43. The van der Waals surface area contributed by atoms with E-state index in [4.69, 9.17) is 0 Å². The summed E-state index contributed by atoms with van der Waals surface area (Å²) in [6, 6.07) is 32.2. The van der Waals surface area contributed by atoms with Gasteiger partial charge in [-0.2, -0.15) is 0 Å². The summed E-state index contributed by atoms with van der Waals surface area (Å²) >= 11 is 0. The monoisotopic (exact) mass is 293 g/mol. The van der Waals surface area contributed by atoms with Crippen LogP contribution in [0.25, 0.3) is 0 Å². The van der Waals surface area contributed by atoms with Crippen molar-refractivity contribution in [2.75, 3.05) is 6.54 Å². The van der Waals surface area contributed by atoms with Crippen LogP contribution in [0.4, 0.5) is 17.1 Å². The summed E-state index contributed by atoms with van der Waals surface area (Å²) in [5.41, 5.74) is 3.87. The van der Waals surface area contributed by atoms with Gasteiger partial charge in [0.05, 0.1) is 6.54 Å². The van der Waals surface area contributed by atoms with Gasteiger partial charge in [-0.1, -0.05) is 54.6 Å². The maximum atomic E-state index is 2.24. The molecule has 0 N–H and O–H groups in total. The highest BCUT2D eigenvalue weighted by atomic mass is 19.0. The molecule has 2 heteroatoms. The highest BCUT2D eigenvalue weighted by molar-refractivity contribution is 5.70. The molecular weight excluding hydrogens is 273 g/mol. The first-order chi connectivity index (χ1) is 10.4. The van der Waals surface area contributed by atoms with Crippen LogP contribution >= 0.6 is 0 Å². The molecule has 0 bridgehead atoms. The fraction of sp³-hybridized carbons (Fsp3) is 0.100. The van der Waals surface area contributed by atoms with E-state index in [0.717, 1.165) is 11.0 Å². The van der Waals surface area contributed by atoms with Gasteiger partial charge >= 0.3 is 0 Å². The molecule has 0 aliphatic heterocycles. The lowest BCUT2D eigenvalue weighted by molar-refractivity contribution is -0.00000416. The van der Waals surface area contributed by atoms with Gasteiger partial charge in [0.25, 0.3) is 0 Å². The zero-order valence-electron chi connectivity index (χ0n) is 12.7. The van der Waals surface area contributed by atoms with Gasteiger partial charge < -0.3 is 4.70 Å². The lowest BCUT2D eigenvalue weighted by atomic mass is 10.1. The quantitative estimate of drug-likeness (QED) is 0.649. The Balaban J connectivity index is 0.00000176. The Morgan fingerprint density at radius 1 is 0.545 bits per heavy atom. The second-order valence-electron chi connectivity index (χ2n) is 5.13. The Hall–Kier alpha value is -2.45. The number of hydrogen-bond acceptors (Lipinski definition) is 0. The van der Waals surface area contributed by atoms with Crippen molar-refractivity contribution in [3.63, 3.8) is 0 Å².